The molecule has 8 heteroatoms. The second kappa shape index (κ2) is 52.4. The van der Waals surface area contributed by atoms with Crippen LogP contribution in [-0.2, 0) is 9.59 Å². The van der Waals surface area contributed by atoms with Gasteiger partial charge in [-0.2, -0.15) is 0 Å². The molecule has 0 spiro atoms. The lowest BCUT2D eigenvalue weighted by Crippen LogP contribution is -2.42. The first kappa shape index (κ1) is 69.9. The van der Waals surface area contributed by atoms with E-state index in [-0.39, 0.29) is 23.7 Å². The summed E-state index contributed by atoms with van der Waals surface area (Å²) in [5, 5.41) is 36.5. The first-order chi connectivity index (χ1) is 34.5. The molecule has 0 aromatic carbocycles. The van der Waals surface area contributed by atoms with E-state index in [4.69, 9.17) is 0 Å². The number of aliphatic hydroxyl groups is 3. The summed E-state index contributed by atoms with van der Waals surface area (Å²) in [5.74, 6) is 0.413. The van der Waals surface area contributed by atoms with Crippen molar-refractivity contribution in [3.8, 4) is 0 Å². The highest BCUT2D eigenvalue weighted by molar-refractivity contribution is 5.88. The smallest absolute Gasteiger partial charge is 0.223 e. The number of hydrogen-bond donors (Lipinski definition) is 4. The van der Waals surface area contributed by atoms with Crippen LogP contribution in [0.15, 0.2) is 0 Å². The quantitative estimate of drug-likeness (QED) is 0.0449. The Kier molecular flexibility index (Phi) is 51.6. The van der Waals surface area contributed by atoms with Gasteiger partial charge in [-0.25, -0.2) is 0 Å². The van der Waals surface area contributed by atoms with Crippen LogP contribution in [0.1, 0.15) is 318 Å². The number of nitrogens with zero attached hydrogens (tertiary/aromatic N) is 2. The fraction of sp³-hybridized carbons (Fsp3) is 0.968. The highest BCUT2D eigenvalue weighted by atomic mass is 16.3. The van der Waals surface area contributed by atoms with Crippen molar-refractivity contribution in [1.29, 1.82) is 0 Å². The molecule has 6 atom stereocenters. The topological polar surface area (TPSA) is 113 Å². The molecule has 0 rings (SSSR count). The highest BCUT2D eigenvalue weighted by Crippen LogP contribution is 2.19. The van der Waals surface area contributed by atoms with Gasteiger partial charge < -0.3 is 25.5 Å². The van der Waals surface area contributed by atoms with Gasteiger partial charge in [0.25, 0.3) is 0 Å². The van der Waals surface area contributed by atoms with Crippen LogP contribution in [0.4, 0.5) is 0 Å². The summed E-state index contributed by atoms with van der Waals surface area (Å²) >= 11 is 0. The third-order valence-electron chi connectivity index (χ3n) is 15.5. The summed E-state index contributed by atoms with van der Waals surface area (Å²) in [4.78, 5) is 31.1. The molecule has 6 unspecified atom stereocenters. The second-order valence-electron chi connectivity index (χ2n) is 23.2. The van der Waals surface area contributed by atoms with Gasteiger partial charge in [0.1, 0.15) is 0 Å². The zero-order valence-electron chi connectivity index (χ0n) is 49.0. The maximum absolute atomic E-state index is 13.5. The molecular formula is C63H127N3O5. The molecule has 8 nitrogen and oxygen atoms in total. The molecule has 0 fully saturated rings. The van der Waals surface area contributed by atoms with Crippen molar-refractivity contribution in [2.45, 2.75) is 342 Å². The van der Waals surface area contributed by atoms with Crippen LogP contribution in [0, 0.1) is 11.8 Å². The summed E-state index contributed by atoms with van der Waals surface area (Å²) < 4.78 is 0. The minimum absolute atomic E-state index is 0.00578. The van der Waals surface area contributed by atoms with E-state index >= 15 is 0 Å². The number of aliphatic hydroxyl groups excluding tert-OH is 3. The van der Waals surface area contributed by atoms with Gasteiger partial charge in [-0.3, -0.25) is 14.5 Å². The number of nitrogens with one attached hydrogen (secondary N) is 1. The monoisotopic (exact) mass is 1010 g/mol. The molecule has 0 bridgehead atoms. The number of amides is 1. The molecule has 0 radical (unpaired) electrons. The molecule has 0 aliphatic rings. The Bertz CT molecular complexity index is 1070. The van der Waals surface area contributed by atoms with Crippen LogP contribution in [-0.4, -0.2) is 100 Å². The summed E-state index contributed by atoms with van der Waals surface area (Å²) in [6.45, 7) is 19.7. The fourth-order valence-electron chi connectivity index (χ4n) is 10.7. The number of Topliss-reactive ketones (excluding diaryl/α,β-unsaturated/α-hetero) is 1. The number of rotatable bonds is 57. The van der Waals surface area contributed by atoms with Gasteiger partial charge in [0.15, 0.2) is 5.78 Å². The molecule has 0 aromatic heterocycles. The molecule has 0 saturated heterocycles. The number of carbonyl (C=O) groups excluding carboxylic acids is 2. The number of hydrogen-bond acceptors (Lipinski definition) is 7. The summed E-state index contributed by atoms with van der Waals surface area (Å²) in [6, 6.07) is -0.487. The molecular weight excluding hydrogens is 879 g/mol. The van der Waals surface area contributed by atoms with E-state index < -0.39 is 18.2 Å². The molecule has 0 aliphatic heterocycles. The maximum Gasteiger partial charge on any atom is 0.223 e. The maximum atomic E-state index is 13.5. The van der Waals surface area contributed by atoms with Gasteiger partial charge in [0, 0.05) is 32.1 Å². The molecule has 4 N–H and O–H groups in total. The van der Waals surface area contributed by atoms with Gasteiger partial charge in [0.2, 0.25) is 5.91 Å². The lowest BCUT2D eigenvalue weighted by atomic mass is 9.99. The zero-order valence-corrected chi connectivity index (χ0v) is 49.0. The Balaban J connectivity index is 5.10. The van der Waals surface area contributed by atoms with Gasteiger partial charge in [-0.15, -0.1) is 0 Å². The van der Waals surface area contributed by atoms with E-state index in [9.17, 15) is 24.9 Å². The number of ketones is 1. The van der Waals surface area contributed by atoms with Crippen molar-refractivity contribution in [2.24, 2.45) is 11.8 Å². The van der Waals surface area contributed by atoms with Crippen molar-refractivity contribution in [1.82, 2.24) is 15.1 Å². The van der Waals surface area contributed by atoms with E-state index in [1.807, 2.05) is 6.92 Å². The van der Waals surface area contributed by atoms with Gasteiger partial charge in [-0.05, 0) is 83.7 Å². The third-order valence-corrected chi connectivity index (χ3v) is 15.5. The molecule has 1 amide bonds. The van der Waals surface area contributed by atoms with Gasteiger partial charge in [0.05, 0.1) is 24.4 Å². The summed E-state index contributed by atoms with van der Waals surface area (Å²) in [7, 11) is 0. The lowest BCUT2D eigenvalue weighted by molar-refractivity contribution is -0.129. The minimum atomic E-state index is -0.487. The Morgan fingerprint density at radius 3 is 0.986 bits per heavy atom. The van der Waals surface area contributed by atoms with Crippen molar-refractivity contribution >= 4 is 11.7 Å². The van der Waals surface area contributed by atoms with Crippen molar-refractivity contribution in [3.05, 3.63) is 0 Å². The third kappa shape index (κ3) is 47.2. The molecule has 0 heterocycles. The predicted octanol–water partition coefficient (Wildman–Crippen LogP) is 16.5. The number of carbonyl (C=O) groups is 2. The average molecular weight is 1010 g/mol. The van der Waals surface area contributed by atoms with E-state index in [1.165, 1.54) is 193 Å². The van der Waals surface area contributed by atoms with Gasteiger partial charge in [-0.1, -0.05) is 253 Å². The minimum Gasteiger partial charge on any atom is -0.392 e. The molecule has 0 aliphatic carbocycles. The van der Waals surface area contributed by atoms with E-state index in [0.717, 1.165) is 96.8 Å². The molecule has 424 valence electrons. The van der Waals surface area contributed by atoms with Crippen LogP contribution < -0.4 is 5.32 Å². The average Bonchev–Trinajstić information content (AvgIpc) is 3.34. The highest BCUT2D eigenvalue weighted by Gasteiger charge is 2.22. The second-order valence-corrected chi connectivity index (χ2v) is 23.2. The molecule has 0 saturated carbocycles. The van der Waals surface area contributed by atoms with E-state index in [1.54, 1.807) is 6.92 Å². The van der Waals surface area contributed by atoms with Crippen molar-refractivity contribution in [3.63, 3.8) is 0 Å². The van der Waals surface area contributed by atoms with Crippen LogP contribution in [0.2, 0.25) is 0 Å². The van der Waals surface area contributed by atoms with Gasteiger partial charge >= 0.3 is 0 Å². The Morgan fingerprint density at radius 2 is 0.648 bits per heavy atom. The Hall–Kier alpha value is -1.06. The van der Waals surface area contributed by atoms with Crippen LogP contribution in [0.5, 0.6) is 0 Å². The van der Waals surface area contributed by atoms with Crippen LogP contribution in [0.3, 0.4) is 0 Å². The van der Waals surface area contributed by atoms with Crippen LogP contribution in [0.25, 0.3) is 0 Å². The first-order valence-corrected chi connectivity index (χ1v) is 31.8. The summed E-state index contributed by atoms with van der Waals surface area (Å²) in [5.41, 5.74) is 0. The first-order valence-electron chi connectivity index (χ1n) is 31.8. The SMILES string of the molecule is CCCCCCCCCCC(C)CN(CCCCC(C)C(=O)NC(CCCCN(CC(O)CCCCCCCCCC)CC(O)CCCCCCCCCC)C(C)=O)CC(O)CCCCCCCCCC. The largest absolute Gasteiger partial charge is 0.392 e. The normalized spacial score (nSPS) is 14.5. The van der Waals surface area contributed by atoms with Crippen molar-refractivity contribution < 1.29 is 24.9 Å². The zero-order chi connectivity index (χ0) is 52.4. The Labute approximate surface area is 443 Å². The van der Waals surface area contributed by atoms with E-state index in [2.05, 4.69) is 49.7 Å². The standard InChI is InChI=1S/C63H127N3O5/c1-8-12-16-20-24-28-32-36-44-56(5)52-65(53-59(68)46-37-33-29-25-21-17-13-9-2)50-42-40-45-57(6)63(71)64-62(58(7)67)49-41-43-51-66(54-60(69)47-38-34-30-26-22-18-14-10-3)55-61(70)48-39-35-31-27-23-19-15-11-4/h56-57,59-62,68-70H,8-55H2,1-7H3,(H,64,71). The van der Waals surface area contributed by atoms with E-state index in [0.29, 0.717) is 25.4 Å². The Morgan fingerprint density at radius 1 is 0.366 bits per heavy atom. The fourth-order valence-corrected chi connectivity index (χ4v) is 10.7. The molecule has 0 aromatic rings. The van der Waals surface area contributed by atoms with Crippen LogP contribution >= 0.6 is 0 Å². The lowest BCUT2D eigenvalue weighted by Gasteiger charge is -2.28. The number of unbranched alkanes of at least 4 members (excludes halogenated alkanes) is 30. The molecule has 71 heavy (non-hydrogen) atoms. The van der Waals surface area contributed by atoms with Crippen molar-refractivity contribution in [2.75, 3.05) is 39.3 Å². The summed E-state index contributed by atoms with van der Waals surface area (Å²) in [6.07, 6.45) is 48.7. The predicted molar refractivity (Wildman–Crippen MR) is 308 cm³/mol.